The molecule has 2 aliphatic heterocycles. The first-order chi connectivity index (χ1) is 17.5. The van der Waals surface area contributed by atoms with E-state index in [1.165, 1.54) is 28.4 Å². The fraction of sp³-hybridized carbons (Fsp3) is 0.333. The van der Waals surface area contributed by atoms with Crippen molar-refractivity contribution in [1.29, 1.82) is 0 Å². The quantitative estimate of drug-likeness (QED) is 0.518. The molecule has 0 bridgehead atoms. The van der Waals surface area contributed by atoms with Gasteiger partial charge in [0, 0.05) is 12.4 Å². The van der Waals surface area contributed by atoms with Crippen LogP contribution < -0.4 is 4.31 Å². The van der Waals surface area contributed by atoms with Gasteiger partial charge in [0.2, 0.25) is 0 Å². The maximum absolute atomic E-state index is 14.3. The third kappa shape index (κ3) is 3.78. The van der Waals surface area contributed by atoms with E-state index in [0.29, 0.717) is 11.3 Å². The maximum Gasteiger partial charge on any atom is 0.412 e. The number of nitrogens with zero attached hydrogens (tertiary/aromatic N) is 2. The van der Waals surface area contributed by atoms with E-state index in [1.807, 2.05) is 18.2 Å². The van der Waals surface area contributed by atoms with Crippen molar-refractivity contribution in [1.82, 2.24) is 9.88 Å². The summed E-state index contributed by atoms with van der Waals surface area (Å²) in [5.41, 5.74) is -0.0657. The minimum absolute atomic E-state index is 0.0697. The average Bonchev–Trinajstić information content (AvgIpc) is 3.56. The van der Waals surface area contributed by atoms with Crippen LogP contribution in [0.5, 0.6) is 0 Å². The Bertz CT molecular complexity index is 1430. The summed E-state index contributed by atoms with van der Waals surface area (Å²) < 4.78 is 40.6. The van der Waals surface area contributed by atoms with Crippen LogP contribution >= 0.6 is 0 Å². The third-order valence-corrected chi connectivity index (χ3v) is 8.67. The molecule has 3 heterocycles. The zero-order valence-electron chi connectivity index (χ0n) is 21.0. The minimum Gasteiger partial charge on any atom is -0.467 e. The standard InChI is InChI=1S/C27H29N3O6S/c1-26(2,3)36-25(32)29-22(23(31)35-4)16-27(18-14-15-28-17-18)20-12-8-9-13-21(20)30(24(27)29)37(33,34)19-10-6-5-7-11-19/h5-15,17,22,24,28H,16H2,1-4H3/t22-,24-,27-/m0/s1. The van der Waals surface area contributed by atoms with E-state index in [2.05, 4.69) is 4.98 Å². The van der Waals surface area contributed by atoms with Gasteiger partial charge in [-0.05, 0) is 62.6 Å². The van der Waals surface area contributed by atoms with Gasteiger partial charge in [0.15, 0.2) is 0 Å². The van der Waals surface area contributed by atoms with Crippen LogP contribution in [0.25, 0.3) is 0 Å². The largest absolute Gasteiger partial charge is 0.467 e. The number of rotatable bonds is 4. The zero-order valence-corrected chi connectivity index (χ0v) is 21.9. The van der Waals surface area contributed by atoms with Crippen molar-refractivity contribution in [2.75, 3.05) is 11.4 Å². The number of amides is 1. The van der Waals surface area contributed by atoms with Gasteiger partial charge in [-0.1, -0.05) is 36.4 Å². The first-order valence-electron chi connectivity index (χ1n) is 11.9. The van der Waals surface area contributed by atoms with Crippen molar-refractivity contribution >= 4 is 27.8 Å². The first-order valence-corrected chi connectivity index (χ1v) is 13.4. The lowest BCUT2D eigenvalue weighted by Gasteiger charge is -2.38. The highest BCUT2D eigenvalue weighted by molar-refractivity contribution is 7.92. The molecule has 37 heavy (non-hydrogen) atoms. The highest BCUT2D eigenvalue weighted by atomic mass is 32.2. The fourth-order valence-corrected chi connectivity index (χ4v) is 7.21. The highest BCUT2D eigenvalue weighted by Crippen LogP contribution is 2.59. The van der Waals surface area contributed by atoms with Crippen molar-refractivity contribution < 1.29 is 27.5 Å². The van der Waals surface area contributed by atoms with Crippen LogP contribution in [0.3, 0.4) is 0 Å². The van der Waals surface area contributed by atoms with Crippen LogP contribution in [-0.2, 0) is 29.7 Å². The van der Waals surface area contributed by atoms with Crippen LogP contribution in [0.4, 0.5) is 10.5 Å². The molecule has 2 aliphatic rings. The average molecular weight is 524 g/mol. The Kier molecular flexibility index (Phi) is 5.82. The van der Waals surface area contributed by atoms with E-state index in [9.17, 15) is 18.0 Å². The number of anilines is 1. The van der Waals surface area contributed by atoms with Crippen molar-refractivity contribution in [2.45, 2.75) is 55.3 Å². The van der Waals surface area contributed by atoms with Crippen molar-refractivity contribution in [3.8, 4) is 0 Å². The number of esters is 1. The summed E-state index contributed by atoms with van der Waals surface area (Å²) in [5, 5.41) is 0. The van der Waals surface area contributed by atoms with Crippen LogP contribution in [0.2, 0.25) is 0 Å². The smallest absolute Gasteiger partial charge is 0.412 e. The summed E-state index contributed by atoms with van der Waals surface area (Å²) in [6, 6.07) is 16.0. The van der Waals surface area contributed by atoms with Gasteiger partial charge in [0.25, 0.3) is 10.0 Å². The summed E-state index contributed by atoms with van der Waals surface area (Å²) >= 11 is 0. The minimum atomic E-state index is -4.18. The predicted octanol–water partition coefficient (Wildman–Crippen LogP) is 4.02. The van der Waals surface area contributed by atoms with E-state index in [0.717, 1.165) is 5.56 Å². The number of aromatic amines is 1. The lowest BCUT2D eigenvalue weighted by atomic mass is 9.73. The Labute approximate surface area is 216 Å². The van der Waals surface area contributed by atoms with Crippen LogP contribution in [0, 0.1) is 0 Å². The number of ether oxygens (including phenoxy) is 2. The van der Waals surface area contributed by atoms with E-state index in [4.69, 9.17) is 9.47 Å². The molecule has 2 aromatic carbocycles. The van der Waals surface area contributed by atoms with Crippen LogP contribution in [0.1, 0.15) is 38.3 Å². The Hall–Kier alpha value is -3.79. The molecule has 1 N–H and O–H groups in total. The monoisotopic (exact) mass is 523 g/mol. The molecule has 1 amide bonds. The molecule has 1 aromatic heterocycles. The van der Waals surface area contributed by atoms with Crippen molar-refractivity contribution in [2.24, 2.45) is 0 Å². The number of hydrogen-bond donors (Lipinski definition) is 1. The number of carbonyl (C=O) groups excluding carboxylic acids is 2. The number of carbonyl (C=O) groups is 2. The molecule has 194 valence electrons. The normalized spacial score (nSPS) is 22.9. The topological polar surface area (TPSA) is 109 Å². The Balaban J connectivity index is 1.82. The predicted molar refractivity (Wildman–Crippen MR) is 136 cm³/mol. The molecule has 3 atom stereocenters. The Morgan fingerprint density at radius 1 is 1.03 bits per heavy atom. The molecule has 1 saturated heterocycles. The number of nitrogens with one attached hydrogen (secondary N) is 1. The number of benzene rings is 2. The van der Waals surface area contributed by atoms with Gasteiger partial charge in [0.05, 0.1) is 23.1 Å². The molecule has 1 fully saturated rings. The summed E-state index contributed by atoms with van der Waals surface area (Å²) in [6.45, 7) is 5.15. The second-order valence-electron chi connectivity index (χ2n) is 10.2. The summed E-state index contributed by atoms with van der Waals surface area (Å²) in [4.78, 5) is 31.3. The number of methoxy groups -OCH3 is 1. The van der Waals surface area contributed by atoms with Crippen LogP contribution in [-0.4, -0.2) is 55.3 Å². The third-order valence-electron chi connectivity index (χ3n) is 6.89. The molecule has 0 radical (unpaired) electrons. The first kappa shape index (κ1) is 24.9. The molecule has 5 rings (SSSR count). The number of sulfonamides is 1. The molecule has 9 nitrogen and oxygen atoms in total. The number of likely N-dealkylation sites (tertiary alicyclic amines) is 1. The fourth-order valence-electron chi connectivity index (χ4n) is 5.52. The number of aromatic nitrogens is 1. The van der Waals surface area contributed by atoms with Gasteiger partial charge in [-0.2, -0.15) is 0 Å². The number of hydrogen-bond acceptors (Lipinski definition) is 6. The highest BCUT2D eigenvalue weighted by Gasteiger charge is 2.67. The molecular formula is C27H29N3O6S. The van der Waals surface area contributed by atoms with Crippen molar-refractivity contribution in [3.63, 3.8) is 0 Å². The van der Waals surface area contributed by atoms with Crippen molar-refractivity contribution in [3.05, 3.63) is 84.2 Å². The maximum atomic E-state index is 14.3. The van der Waals surface area contributed by atoms with Crippen LogP contribution in [0.15, 0.2) is 78.0 Å². The molecule has 10 heteroatoms. The number of para-hydroxylation sites is 1. The Morgan fingerprint density at radius 2 is 1.70 bits per heavy atom. The van der Waals surface area contributed by atoms with Gasteiger partial charge >= 0.3 is 12.1 Å². The molecule has 0 spiro atoms. The van der Waals surface area contributed by atoms with Gasteiger partial charge in [-0.15, -0.1) is 0 Å². The molecule has 0 aliphatic carbocycles. The SMILES string of the molecule is COC(=O)[C@@H]1C[C@]2(c3cc[nH]c3)c3ccccc3N(S(=O)(=O)c3ccccc3)[C@@H]2N1C(=O)OC(C)(C)C. The van der Waals surface area contributed by atoms with E-state index in [1.54, 1.807) is 63.5 Å². The van der Waals surface area contributed by atoms with Gasteiger partial charge in [0.1, 0.15) is 17.8 Å². The summed E-state index contributed by atoms with van der Waals surface area (Å²) in [5.74, 6) is -0.648. The summed E-state index contributed by atoms with van der Waals surface area (Å²) in [7, 11) is -2.93. The van der Waals surface area contributed by atoms with Gasteiger partial charge in [-0.3, -0.25) is 4.90 Å². The summed E-state index contributed by atoms with van der Waals surface area (Å²) in [6.07, 6.45) is 1.70. The number of fused-ring (bicyclic) bond motifs is 3. The lowest BCUT2D eigenvalue weighted by Crippen LogP contribution is -2.57. The molecular weight excluding hydrogens is 494 g/mol. The van der Waals surface area contributed by atoms with E-state index >= 15 is 0 Å². The zero-order chi connectivity index (χ0) is 26.6. The van der Waals surface area contributed by atoms with E-state index < -0.39 is 45.3 Å². The Morgan fingerprint density at radius 3 is 2.32 bits per heavy atom. The second kappa shape index (κ2) is 8.65. The molecule has 0 unspecified atom stereocenters. The van der Waals surface area contributed by atoms with Gasteiger partial charge < -0.3 is 14.5 Å². The van der Waals surface area contributed by atoms with Gasteiger partial charge in [-0.25, -0.2) is 22.3 Å². The van der Waals surface area contributed by atoms with E-state index in [-0.39, 0.29) is 11.3 Å². The second-order valence-corrected chi connectivity index (χ2v) is 12.0. The molecule has 3 aromatic rings. The molecule has 0 saturated carbocycles. The lowest BCUT2D eigenvalue weighted by molar-refractivity contribution is -0.146. The number of H-pyrrole nitrogens is 1.